The van der Waals surface area contributed by atoms with Crippen LogP contribution in [0.15, 0.2) is 78.9 Å². The van der Waals surface area contributed by atoms with Gasteiger partial charge in [-0.2, -0.15) is 0 Å². The van der Waals surface area contributed by atoms with Crippen LogP contribution in [0.5, 0.6) is 5.75 Å². The minimum atomic E-state index is -1.12. The molecule has 10 heteroatoms. The van der Waals surface area contributed by atoms with Crippen LogP contribution < -0.4 is 10.6 Å². The van der Waals surface area contributed by atoms with Gasteiger partial charge in [-0.05, 0) is 95.2 Å². The van der Waals surface area contributed by atoms with E-state index >= 15 is 0 Å². The highest BCUT2D eigenvalue weighted by Gasteiger charge is 2.45. The van der Waals surface area contributed by atoms with Gasteiger partial charge in [0.25, 0.3) is 0 Å². The van der Waals surface area contributed by atoms with E-state index in [9.17, 15) is 24.3 Å². The number of nitrogens with one attached hydrogen (secondary N) is 2. The van der Waals surface area contributed by atoms with Crippen molar-refractivity contribution in [2.24, 2.45) is 0 Å². The maximum absolute atomic E-state index is 14.8. The highest BCUT2D eigenvalue weighted by molar-refractivity contribution is 5.94. The Bertz CT molecular complexity index is 1610. The number of phenols is 1. The summed E-state index contributed by atoms with van der Waals surface area (Å²) in [6.45, 7) is 12.5. The van der Waals surface area contributed by atoms with Crippen LogP contribution in [0.2, 0.25) is 0 Å². The number of amides is 3. The van der Waals surface area contributed by atoms with Crippen molar-refractivity contribution in [1.29, 1.82) is 0 Å². The summed E-state index contributed by atoms with van der Waals surface area (Å²) in [6, 6.07) is 19.7. The second-order valence-corrected chi connectivity index (χ2v) is 14.8. The minimum absolute atomic E-state index is 0.0682. The van der Waals surface area contributed by atoms with Gasteiger partial charge in [-0.15, -0.1) is 0 Å². The molecule has 0 aromatic heterocycles. The molecule has 10 nitrogen and oxygen atoms in total. The number of aryl methyl sites for hydroxylation is 1. The molecule has 0 saturated heterocycles. The highest BCUT2D eigenvalue weighted by Crippen LogP contribution is 2.36. The van der Waals surface area contributed by atoms with Crippen LogP contribution in [-0.4, -0.2) is 63.2 Å². The van der Waals surface area contributed by atoms with E-state index in [0.717, 1.165) is 17.5 Å². The molecule has 3 amide bonds. The van der Waals surface area contributed by atoms with E-state index in [0.29, 0.717) is 24.0 Å². The number of hydrogen-bond donors (Lipinski definition) is 3. The minimum Gasteiger partial charge on any atom is -0.508 e. The molecule has 1 aliphatic carbocycles. The van der Waals surface area contributed by atoms with Gasteiger partial charge in [-0.1, -0.05) is 73.7 Å². The molecule has 268 valence electrons. The summed E-state index contributed by atoms with van der Waals surface area (Å²) in [5.41, 5.74) is 1.54. The molecule has 0 bridgehead atoms. The zero-order chi connectivity index (χ0) is 36.6. The summed E-state index contributed by atoms with van der Waals surface area (Å²) in [5.74, 6) is -1.53. The Kier molecular flexibility index (Phi) is 12.3. The molecule has 3 aromatic carbocycles. The zero-order valence-corrected chi connectivity index (χ0v) is 30.2. The molecular formula is C40H51N3O7. The lowest BCUT2D eigenvalue weighted by atomic mass is 9.98. The molecule has 0 radical (unpaired) electrons. The summed E-state index contributed by atoms with van der Waals surface area (Å²) >= 11 is 0. The number of carbonyl (C=O) groups is 4. The van der Waals surface area contributed by atoms with Crippen molar-refractivity contribution in [3.05, 3.63) is 101 Å². The van der Waals surface area contributed by atoms with Gasteiger partial charge in [0.05, 0.1) is 0 Å². The highest BCUT2D eigenvalue weighted by atomic mass is 16.6. The standard InChI is InChI=1S/C40H51N3O7/c1-8-26-14-18-29(19-15-26)34(35(45)41-33(37(47)49-39(2,3)4)25-27-12-10-9-11-13-27)43(30-20-21-30)36(46)32(42-38(48)50-40(5,6)7)24-28-16-22-31(44)23-17-28/h9-19,22-23,30,32-34,44H,8,20-21,24-25H2,1-7H3,(H,41,45)(H,42,48). The molecular weight excluding hydrogens is 634 g/mol. The number of alkyl carbamates (subject to hydrolysis) is 1. The second kappa shape index (κ2) is 16.2. The second-order valence-electron chi connectivity index (χ2n) is 14.8. The van der Waals surface area contributed by atoms with Gasteiger partial charge >= 0.3 is 12.1 Å². The third kappa shape index (κ3) is 11.4. The van der Waals surface area contributed by atoms with Crippen LogP contribution in [0.3, 0.4) is 0 Å². The molecule has 0 heterocycles. The van der Waals surface area contributed by atoms with Crippen molar-refractivity contribution >= 4 is 23.9 Å². The smallest absolute Gasteiger partial charge is 0.408 e. The summed E-state index contributed by atoms with van der Waals surface area (Å²) < 4.78 is 11.3. The van der Waals surface area contributed by atoms with Crippen molar-refractivity contribution in [3.63, 3.8) is 0 Å². The lowest BCUT2D eigenvalue weighted by Gasteiger charge is -2.35. The lowest BCUT2D eigenvalue weighted by Crippen LogP contribution is -2.56. The van der Waals surface area contributed by atoms with Gasteiger partial charge in [0, 0.05) is 18.9 Å². The first-order valence-electron chi connectivity index (χ1n) is 17.3. The summed E-state index contributed by atoms with van der Waals surface area (Å²) in [5, 5.41) is 15.6. The Balaban J connectivity index is 1.75. The Labute approximate surface area is 295 Å². The summed E-state index contributed by atoms with van der Waals surface area (Å²) in [7, 11) is 0. The van der Waals surface area contributed by atoms with Gasteiger partial charge in [0.2, 0.25) is 11.8 Å². The van der Waals surface area contributed by atoms with Crippen molar-refractivity contribution in [2.45, 2.75) is 116 Å². The number of carbonyl (C=O) groups excluding carboxylic acids is 4. The van der Waals surface area contributed by atoms with E-state index in [4.69, 9.17) is 9.47 Å². The van der Waals surface area contributed by atoms with Crippen LogP contribution in [0.25, 0.3) is 0 Å². The number of nitrogens with zero attached hydrogens (tertiary/aromatic N) is 1. The predicted octanol–water partition coefficient (Wildman–Crippen LogP) is 6.19. The molecule has 1 aliphatic rings. The van der Waals surface area contributed by atoms with E-state index in [-0.39, 0.29) is 24.6 Å². The molecule has 0 spiro atoms. The van der Waals surface area contributed by atoms with Crippen LogP contribution in [0.4, 0.5) is 4.79 Å². The first-order valence-corrected chi connectivity index (χ1v) is 17.3. The molecule has 50 heavy (non-hydrogen) atoms. The fraction of sp³-hybridized carbons (Fsp3) is 0.450. The maximum Gasteiger partial charge on any atom is 0.408 e. The predicted molar refractivity (Wildman–Crippen MR) is 191 cm³/mol. The molecule has 0 aliphatic heterocycles. The average molecular weight is 686 g/mol. The summed E-state index contributed by atoms with van der Waals surface area (Å²) in [6.07, 6.45) is 1.62. The van der Waals surface area contributed by atoms with Crippen LogP contribution in [0.1, 0.15) is 89.6 Å². The number of phenolic OH excluding ortho intramolecular Hbond substituents is 1. The number of hydrogen-bond acceptors (Lipinski definition) is 7. The largest absolute Gasteiger partial charge is 0.508 e. The molecule has 3 aromatic rings. The molecule has 3 unspecified atom stereocenters. The van der Waals surface area contributed by atoms with Crippen molar-refractivity contribution in [2.75, 3.05) is 0 Å². The first-order chi connectivity index (χ1) is 23.5. The Morgan fingerprint density at radius 2 is 1.28 bits per heavy atom. The van der Waals surface area contributed by atoms with E-state index < -0.39 is 53.2 Å². The Morgan fingerprint density at radius 1 is 0.740 bits per heavy atom. The monoisotopic (exact) mass is 685 g/mol. The first kappa shape index (κ1) is 38.0. The average Bonchev–Trinajstić information content (AvgIpc) is 3.88. The maximum atomic E-state index is 14.8. The number of aromatic hydroxyl groups is 1. The van der Waals surface area contributed by atoms with Gasteiger partial charge in [0.1, 0.15) is 35.1 Å². The van der Waals surface area contributed by atoms with Crippen molar-refractivity contribution in [1.82, 2.24) is 15.5 Å². The summed E-state index contributed by atoms with van der Waals surface area (Å²) in [4.78, 5) is 57.6. The number of rotatable bonds is 13. The number of ether oxygens (including phenoxy) is 2. The van der Waals surface area contributed by atoms with Crippen molar-refractivity contribution in [3.8, 4) is 5.75 Å². The Hall–Kier alpha value is -4.86. The van der Waals surface area contributed by atoms with E-state index in [2.05, 4.69) is 10.6 Å². The molecule has 3 N–H and O–H groups in total. The van der Waals surface area contributed by atoms with Crippen LogP contribution in [0, 0.1) is 0 Å². The van der Waals surface area contributed by atoms with Gasteiger partial charge in [-0.25, -0.2) is 9.59 Å². The van der Waals surface area contributed by atoms with Gasteiger partial charge < -0.3 is 30.1 Å². The fourth-order valence-corrected chi connectivity index (χ4v) is 5.61. The fourth-order valence-electron chi connectivity index (χ4n) is 5.61. The molecule has 1 saturated carbocycles. The SMILES string of the molecule is CCc1ccc(C(C(=O)NC(Cc2ccccc2)C(=O)OC(C)(C)C)N(C(=O)C(Cc2ccc(O)cc2)NC(=O)OC(C)(C)C)C2CC2)cc1. The zero-order valence-electron chi connectivity index (χ0n) is 30.2. The third-order valence-electron chi connectivity index (χ3n) is 8.08. The van der Waals surface area contributed by atoms with E-state index in [1.54, 1.807) is 58.6 Å². The van der Waals surface area contributed by atoms with Crippen LogP contribution >= 0.6 is 0 Å². The number of benzene rings is 3. The normalized spacial score (nSPS) is 14.9. The molecule has 1 fully saturated rings. The molecule has 3 atom stereocenters. The lowest BCUT2D eigenvalue weighted by molar-refractivity contribution is -0.159. The van der Waals surface area contributed by atoms with Crippen LogP contribution in [-0.2, 0) is 43.1 Å². The van der Waals surface area contributed by atoms with Gasteiger partial charge in [0.15, 0.2) is 0 Å². The van der Waals surface area contributed by atoms with E-state index in [1.165, 1.54) is 12.1 Å². The van der Waals surface area contributed by atoms with Crippen molar-refractivity contribution < 1.29 is 33.8 Å². The van der Waals surface area contributed by atoms with Gasteiger partial charge in [-0.3, -0.25) is 9.59 Å². The topological polar surface area (TPSA) is 134 Å². The Morgan fingerprint density at radius 3 is 1.82 bits per heavy atom. The quantitative estimate of drug-likeness (QED) is 0.183. The number of esters is 1. The van der Waals surface area contributed by atoms with E-state index in [1.807, 2.05) is 61.5 Å². The third-order valence-corrected chi connectivity index (χ3v) is 8.08. The molecule has 4 rings (SSSR count).